The summed E-state index contributed by atoms with van der Waals surface area (Å²) in [4.78, 5) is 102. The van der Waals surface area contributed by atoms with Crippen LogP contribution in [-0.2, 0) is 66.2 Å². The highest BCUT2D eigenvalue weighted by Gasteiger charge is 2.70. The molecule has 27 heteroatoms. The van der Waals surface area contributed by atoms with Gasteiger partial charge in [0.05, 0.1) is 86.0 Å². The number of halogens is 1. The van der Waals surface area contributed by atoms with Crippen molar-refractivity contribution < 1.29 is 81.5 Å². The Kier molecular flexibility index (Phi) is 30.8. The van der Waals surface area contributed by atoms with Gasteiger partial charge in [0, 0.05) is 110 Å². The summed E-state index contributed by atoms with van der Waals surface area (Å²) < 4.78 is 45.4. The average molecular weight is 2120 g/mol. The molecule has 6 N–H and O–H groups in total. The third-order valence-corrected chi connectivity index (χ3v) is 51.1. The van der Waals surface area contributed by atoms with Crippen molar-refractivity contribution in [2.45, 2.75) is 414 Å². The number of aromatic nitrogens is 6. The maximum Gasteiger partial charge on any atom is 0.272 e. The fraction of sp³-hybridized carbons (Fsp3) is 0.878. The van der Waals surface area contributed by atoms with Crippen LogP contribution in [0.1, 0.15) is 353 Å². The van der Waals surface area contributed by atoms with Gasteiger partial charge in [0.15, 0.2) is 23.1 Å². The predicted molar refractivity (Wildman–Crippen MR) is 575 cm³/mol. The molecular formula is C123H187ClN8O17S. The van der Waals surface area contributed by atoms with E-state index in [9.17, 15) is 72.1 Å². The third-order valence-electron chi connectivity index (χ3n) is 50.2. The zero-order chi connectivity index (χ0) is 106. The smallest absolute Gasteiger partial charge is 0.272 e. The minimum absolute atomic E-state index is 0.00181. The van der Waals surface area contributed by atoms with E-state index < -0.39 is 50.3 Å². The molecule has 834 valence electrons. The molecule has 20 aliphatic carbocycles. The lowest BCUT2D eigenvalue weighted by atomic mass is 9.43. The Morgan fingerprint density at radius 1 is 0.433 bits per heavy atom. The summed E-state index contributed by atoms with van der Waals surface area (Å²) in [7, 11) is -4.39. The molecule has 0 aromatic carbocycles. The van der Waals surface area contributed by atoms with Gasteiger partial charge in [0.2, 0.25) is 0 Å². The van der Waals surface area contributed by atoms with Gasteiger partial charge in [-0.2, -0.15) is 28.5 Å². The molecule has 0 unspecified atom stereocenters. The van der Waals surface area contributed by atoms with E-state index in [-0.39, 0.29) is 133 Å². The standard InChI is InChI=1S/C27H37N3O2.C27H43NO7S.C25H40ClNO3.C23H35N3O2.C21H32O3/c1-26(32)10-7-19-17(13-26)3-4-21-20(19)8-11-27(2)22(21)5-6-23(27)25(31)16-30-15-18-9-12-28-14-24(18)29-30;1-25(2)15-28(9-10-35-25)20-12-26(3)16(11-21(20)29)5-6-17-18-7-8-19(23(31)14-36(32,33)34)27(18,4)13-22(30)24(17)26;1-24-8-7-19-17(18(24)5-6-20(24)23(29)15-26)4-3-16-13-22(28)21(14-25(16,19)2)27-9-11-30-12-10-27;1-22(28)9-7-16-15(13-22)3-4-18-17(16)8-10-23(2)19(18)5-6-20(23)21(27)14-26-24-11-12-25-26;1-12(22)16-6-7-17-15-5-4-13-10-14(23)8-9-20(13,2)19(15)18(24)11-21(16,17)3/h9,12,14-15,17,19-23,32H,3-8,10-11,13,16H2,1-2H3;16-21,24,29H,5-15H2,1-4H3,(H,32,33,34);16-22,28H,3-15H2,1-2H3;11-12,15-20,28H,3-10,13-14H2,1-2H3;13-17,19,23H,4-11H2,1-3H3/t17-,19+,20-,21-,22+,23-,26-,27+;16-,17-,18-,19+,20-,21-,24+,26-,27-;16-,17+,18+,19+,20-,21+,22+,24+,25+;15-,16+,17-,18-,19+,20-,22-,23+;13-,14-,15+,16-,17+,19-,20+,21-/m10111/s1. The molecule has 5 heterocycles. The molecule has 150 heavy (non-hydrogen) atoms. The first-order valence-corrected chi connectivity index (χ1v) is 62.6. The molecule has 22 aliphatic rings. The number of ketones is 7. The molecule has 0 bridgehead atoms. The third kappa shape index (κ3) is 20.1. The molecule has 22 fully saturated rings. The molecule has 0 amide bonds. The number of aliphatic hydroxyl groups is 5. The Labute approximate surface area is 899 Å². The number of Topliss-reactive ketones (excluding diaryl/α,β-unsaturated/α-hetero) is 7. The number of pyridine rings is 1. The van der Waals surface area contributed by atoms with Crippen LogP contribution in [0.5, 0.6) is 0 Å². The zero-order valence-corrected chi connectivity index (χ0v) is 94.8. The number of morpholine rings is 2. The van der Waals surface area contributed by atoms with E-state index >= 15 is 0 Å². The average Bonchev–Trinajstić information content (AvgIpc) is 1.39. The number of nitrogens with zero attached hydrogens (tertiary/aromatic N) is 8. The van der Waals surface area contributed by atoms with Crippen LogP contribution in [0.25, 0.3) is 10.9 Å². The quantitative estimate of drug-likeness (QED) is 0.0645. The van der Waals surface area contributed by atoms with E-state index in [4.69, 9.17) is 21.1 Å². The molecule has 42 atom stereocenters. The first-order chi connectivity index (χ1) is 71.0. The number of hydrogen-bond acceptors (Lipinski definition) is 22. The first-order valence-electron chi connectivity index (χ1n) is 60.5. The van der Waals surface area contributed by atoms with Crippen LogP contribution >= 0.6 is 11.6 Å². The monoisotopic (exact) mass is 2120 g/mol. The SMILES string of the molecule is CC(=O)[C@H]1CC[C@H]2[C@@H]3CC[C@@H]4C[C@H](O)CC[C@]4(C)[C@H]3C(=O)C[C@]12C.CC1(C)CN([C@H]2C[C@@]3(C)[C@@H](CC[C@H]4[C@@H]5CC[C@H](C(=O)CS(=O)(=O)O)[C@@]5(C)CC(=O)[C@@H]43)C[C@@H]2O)CCO1.C[C@@]1(O)CC[C@H]2[C@H](CC[C@@H]3[C@@H]2CC[C@]2(C)[C@@H](C(=O)Cn4cc5ccncc5n4)CC[C@@H]32)C1.C[C@@]1(O)CC[C@H]2[C@H](CC[C@@H]3[C@@H]2CC[C@]2(C)[C@@H](C(=O)Cn4nccn4)CC[C@@H]32)C1.C[C@]12C[C@H](N3CCOCC3)[C@@H](O)C[C@H]1CC[C@@H]1[C@@H]2CC[C@]2(C)[C@@H](C(=O)CCl)CC[C@@H]12. The van der Waals surface area contributed by atoms with Gasteiger partial charge < -0.3 is 35.0 Å². The Bertz CT molecular complexity index is 5520. The maximum absolute atomic E-state index is 14.0. The van der Waals surface area contributed by atoms with Crippen molar-refractivity contribution in [1.29, 1.82) is 0 Å². The normalized spacial score (nSPS) is 48.5. The molecule has 25 nitrogen and oxygen atoms in total. The van der Waals surface area contributed by atoms with Gasteiger partial charge in [0.25, 0.3) is 10.1 Å². The Balaban J connectivity index is 0.000000110. The van der Waals surface area contributed by atoms with Gasteiger partial charge in [-0.25, -0.2) is 0 Å². The molecular weight excluding hydrogens is 1930 g/mol. The number of carbonyl (C=O) groups excluding carboxylic acids is 7. The van der Waals surface area contributed by atoms with Crippen molar-refractivity contribution in [2.24, 2.45) is 203 Å². The van der Waals surface area contributed by atoms with Crippen LogP contribution in [0.2, 0.25) is 0 Å². The summed E-state index contributed by atoms with van der Waals surface area (Å²) in [6.07, 6.45) is 51.2. The minimum atomic E-state index is -4.39. The van der Waals surface area contributed by atoms with Crippen molar-refractivity contribution in [3.8, 4) is 0 Å². The number of aliphatic hydroxyl groups excluding tert-OH is 3. The lowest BCUT2D eigenvalue weighted by Crippen LogP contribution is -2.64. The molecule has 0 spiro atoms. The Morgan fingerprint density at radius 2 is 0.873 bits per heavy atom. The van der Waals surface area contributed by atoms with Gasteiger partial charge in [-0.1, -0.05) is 55.4 Å². The van der Waals surface area contributed by atoms with E-state index in [1.807, 2.05) is 37.7 Å². The highest BCUT2D eigenvalue weighted by Crippen LogP contribution is 2.74. The van der Waals surface area contributed by atoms with Gasteiger partial charge in [0.1, 0.15) is 35.2 Å². The topological polar surface area (TPSA) is 361 Å². The van der Waals surface area contributed by atoms with Crippen LogP contribution in [-0.4, -0.2) is 223 Å². The van der Waals surface area contributed by atoms with E-state index in [0.717, 1.165) is 232 Å². The molecule has 2 saturated heterocycles. The summed E-state index contributed by atoms with van der Waals surface area (Å²) >= 11 is 5.99. The van der Waals surface area contributed by atoms with E-state index in [1.54, 1.807) is 36.5 Å². The predicted octanol–water partition coefficient (Wildman–Crippen LogP) is 19.5. The van der Waals surface area contributed by atoms with Crippen molar-refractivity contribution >= 4 is 73.1 Å². The number of carbonyl (C=O) groups is 7. The summed E-state index contributed by atoms with van der Waals surface area (Å²) in [5.74, 6) is 13.7. The molecule has 25 rings (SSSR count). The molecule has 2 aliphatic heterocycles. The lowest BCUT2D eigenvalue weighted by molar-refractivity contribution is -0.177. The summed E-state index contributed by atoms with van der Waals surface area (Å²) in [6, 6.07) is 2.25. The van der Waals surface area contributed by atoms with E-state index in [1.165, 1.54) is 109 Å². The second-order valence-corrected chi connectivity index (χ2v) is 59.8. The molecule has 3 aromatic rings. The summed E-state index contributed by atoms with van der Waals surface area (Å²) in [6.45, 7) is 35.0. The van der Waals surface area contributed by atoms with Crippen molar-refractivity contribution in [3.63, 3.8) is 0 Å². The van der Waals surface area contributed by atoms with Gasteiger partial charge in [-0.15, -0.1) is 11.6 Å². The van der Waals surface area contributed by atoms with Crippen LogP contribution < -0.4 is 0 Å². The van der Waals surface area contributed by atoms with Crippen LogP contribution in [0.3, 0.4) is 0 Å². The van der Waals surface area contributed by atoms with E-state index in [0.29, 0.717) is 121 Å². The number of hydrogen-bond donors (Lipinski definition) is 6. The number of fused-ring (bicyclic) bond motifs is 26. The van der Waals surface area contributed by atoms with Crippen molar-refractivity contribution in [2.75, 3.05) is 57.6 Å². The van der Waals surface area contributed by atoms with E-state index in [2.05, 4.69) is 92.4 Å². The summed E-state index contributed by atoms with van der Waals surface area (Å²) in [5, 5.41) is 67.4. The maximum atomic E-state index is 14.0. The molecule has 0 radical (unpaired) electrons. The fourth-order valence-corrected chi connectivity index (χ4v) is 44.3. The second-order valence-electron chi connectivity index (χ2n) is 58.1. The van der Waals surface area contributed by atoms with Crippen LogP contribution in [0.4, 0.5) is 0 Å². The zero-order valence-electron chi connectivity index (χ0n) is 93.2. The number of ether oxygens (including phenoxy) is 2. The Hall–Kier alpha value is -4.71. The Morgan fingerprint density at radius 3 is 1.41 bits per heavy atom. The largest absolute Gasteiger partial charge is 0.393 e. The highest BCUT2D eigenvalue weighted by molar-refractivity contribution is 7.86. The number of rotatable bonds is 14. The fourth-order valence-electron chi connectivity index (χ4n) is 43.6. The second kappa shape index (κ2) is 41.8. The van der Waals surface area contributed by atoms with Gasteiger partial charge >= 0.3 is 0 Å². The van der Waals surface area contributed by atoms with Crippen LogP contribution in [0.15, 0.2) is 37.1 Å². The highest BCUT2D eigenvalue weighted by atomic mass is 35.5. The van der Waals surface area contributed by atoms with Crippen molar-refractivity contribution in [3.05, 3.63) is 37.1 Å². The lowest BCUT2D eigenvalue weighted by Gasteiger charge is -2.62. The molecule has 20 saturated carbocycles. The minimum Gasteiger partial charge on any atom is -0.393 e. The van der Waals surface area contributed by atoms with Gasteiger partial charge in [-0.3, -0.25) is 57.6 Å². The van der Waals surface area contributed by atoms with Gasteiger partial charge in [-0.05, 0) is 453 Å². The first kappa shape index (κ1) is 111. The summed E-state index contributed by atoms with van der Waals surface area (Å²) in [5.41, 5.74) is -0.267. The van der Waals surface area contributed by atoms with Crippen molar-refractivity contribution in [1.82, 2.24) is 39.6 Å². The van der Waals surface area contributed by atoms with Crippen LogP contribution in [0, 0.1) is 203 Å². The number of alkyl halides is 1. The molecule has 3 aromatic heterocycles.